The van der Waals surface area contributed by atoms with Crippen LogP contribution in [0, 0.1) is 18.8 Å². The minimum absolute atomic E-state index is 0.0770. The molecule has 1 saturated carbocycles. The highest BCUT2D eigenvalue weighted by Gasteiger charge is 2.26. The van der Waals surface area contributed by atoms with Gasteiger partial charge in [-0.3, -0.25) is 4.79 Å². The summed E-state index contributed by atoms with van der Waals surface area (Å²) in [7, 11) is 1.61. The van der Waals surface area contributed by atoms with E-state index >= 15 is 0 Å². The third-order valence-corrected chi connectivity index (χ3v) is 4.25. The maximum Gasteiger partial charge on any atom is 0.251 e. The number of amides is 1. The van der Waals surface area contributed by atoms with Crippen LogP contribution in [0.2, 0.25) is 0 Å². The summed E-state index contributed by atoms with van der Waals surface area (Å²) in [5.74, 6) is 1.39. The number of nitrogens with one attached hydrogen (secondary N) is 1. The lowest BCUT2D eigenvalue weighted by atomic mass is 9.97. The molecule has 0 spiro atoms. The molecule has 1 fully saturated rings. The number of methoxy groups -OCH3 is 1. The molecule has 0 aliphatic heterocycles. The van der Waals surface area contributed by atoms with E-state index in [-0.39, 0.29) is 12.5 Å². The van der Waals surface area contributed by atoms with Crippen molar-refractivity contribution in [3.05, 3.63) is 29.3 Å². The first-order valence-electron chi connectivity index (χ1n) is 7.19. The Kier molecular flexibility index (Phi) is 5.01. The predicted octanol–water partition coefficient (Wildman–Crippen LogP) is 2.14. The van der Waals surface area contributed by atoms with Gasteiger partial charge in [0.15, 0.2) is 0 Å². The summed E-state index contributed by atoms with van der Waals surface area (Å²) in [6, 6.07) is 5.47. The SMILES string of the molecule is COc1cc(C(=O)NCC2CCCC2CO)ccc1C. The maximum atomic E-state index is 12.1. The smallest absolute Gasteiger partial charge is 0.251 e. The molecule has 0 heterocycles. The normalized spacial score (nSPS) is 21.8. The quantitative estimate of drug-likeness (QED) is 0.867. The van der Waals surface area contributed by atoms with E-state index in [1.807, 2.05) is 19.1 Å². The number of carbonyl (C=O) groups excluding carboxylic acids is 1. The molecule has 2 atom stereocenters. The standard InChI is InChI=1S/C16H23NO3/c1-11-6-7-12(8-15(11)20-2)16(19)17-9-13-4-3-5-14(13)10-18/h6-8,13-14,18H,3-5,9-10H2,1-2H3,(H,17,19). The number of hydrogen-bond donors (Lipinski definition) is 2. The Bertz CT molecular complexity index is 473. The summed E-state index contributed by atoms with van der Waals surface area (Å²) in [4.78, 5) is 12.1. The average molecular weight is 277 g/mol. The first kappa shape index (κ1) is 14.9. The van der Waals surface area contributed by atoms with Crippen molar-refractivity contribution < 1.29 is 14.6 Å². The van der Waals surface area contributed by atoms with E-state index in [1.165, 1.54) is 0 Å². The van der Waals surface area contributed by atoms with Crippen LogP contribution in [-0.2, 0) is 0 Å². The van der Waals surface area contributed by atoms with Crippen molar-refractivity contribution in [2.45, 2.75) is 26.2 Å². The lowest BCUT2D eigenvalue weighted by molar-refractivity contribution is 0.0937. The molecule has 20 heavy (non-hydrogen) atoms. The van der Waals surface area contributed by atoms with E-state index in [0.717, 1.165) is 30.6 Å². The number of hydrogen-bond acceptors (Lipinski definition) is 3. The lowest BCUT2D eigenvalue weighted by Gasteiger charge is -2.18. The third-order valence-electron chi connectivity index (χ3n) is 4.25. The maximum absolute atomic E-state index is 12.1. The van der Waals surface area contributed by atoms with Crippen molar-refractivity contribution in [1.82, 2.24) is 5.32 Å². The second kappa shape index (κ2) is 6.75. The molecule has 0 bridgehead atoms. The van der Waals surface area contributed by atoms with Gasteiger partial charge < -0.3 is 15.2 Å². The summed E-state index contributed by atoms with van der Waals surface area (Å²) in [6.45, 7) is 2.81. The molecule has 1 aliphatic carbocycles. The zero-order valence-electron chi connectivity index (χ0n) is 12.2. The van der Waals surface area contributed by atoms with Crippen LogP contribution in [0.25, 0.3) is 0 Å². The van der Waals surface area contributed by atoms with Crippen LogP contribution in [0.3, 0.4) is 0 Å². The number of rotatable bonds is 5. The Balaban J connectivity index is 1.95. The Morgan fingerprint density at radius 1 is 1.40 bits per heavy atom. The van der Waals surface area contributed by atoms with E-state index in [9.17, 15) is 9.90 Å². The molecule has 0 saturated heterocycles. The van der Waals surface area contributed by atoms with Crippen LogP contribution >= 0.6 is 0 Å². The fourth-order valence-electron chi connectivity index (χ4n) is 2.91. The Hall–Kier alpha value is -1.55. The van der Waals surface area contributed by atoms with Crippen LogP contribution in [0.1, 0.15) is 35.2 Å². The van der Waals surface area contributed by atoms with Crippen LogP contribution in [0.5, 0.6) is 5.75 Å². The number of benzene rings is 1. The third kappa shape index (κ3) is 3.31. The minimum Gasteiger partial charge on any atom is -0.496 e. The van der Waals surface area contributed by atoms with Crippen LogP contribution in [-0.4, -0.2) is 31.3 Å². The highest BCUT2D eigenvalue weighted by atomic mass is 16.5. The molecule has 2 unspecified atom stereocenters. The summed E-state index contributed by atoms with van der Waals surface area (Å²) < 4.78 is 5.24. The van der Waals surface area contributed by atoms with Gasteiger partial charge in [-0.15, -0.1) is 0 Å². The van der Waals surface area contributed by atoms with E-state index < -0.39 is 0 Å². The molecular weight excluding hydrogens is 254 g/mol. The molecular formula is C16H23NO3. The highest BCUT2D eigenvalue weighted by Crippen LogP contribution is 2.30. The molecule has 0 radical (unpaired) electrons. The topological polar surface area (TPSA) is 58.6 Å². The highest BCUT2D eigenvalue weighted by molar-refractivity contribution is 5.94. The van der Waals surface area contributed by atoms with Crippen molar-refractivity contribution in [2.24, 2.45) is 11.8 Å². The monoisotopic (exact) mass is 277 g/mol. The molecule has 0 aromatic heterocycles. The van der Waals surface area contributed by atoms with Gasteiger partial charge in [0.25, 0.3) is 5.91 Å². The van der Waals surface area contributed by atoms with Crippen LogP contribution in [0.15, 0.2) is 18.2 Å². The number of aliphatic hydroxyl groups is 1. The average Bonchev–Trinajstić information content (AvgIpc) is 2.92. The van der Waals surface area contributed by atoms with Crippen LogP contribution in [0.4, 0.5) is 0 Å². The van der Waals surface area contributed by atoms with Crippen molar-refractivity contribution in [3.8, 4) is 5.75 Å². The Morgan fingerprint density at radius 2 is 2.15 bits per heavy atom. The largest absolute Gasteiger partial charge is 0.496 e. The minimum atomic E-state index is -0.0770. The van der Waals surface area contributed by atoms with Crippen molar-refractivity contribution in [2.75, 3.05) is 20.3 Å². The van der Waals surface area contributed by atoms with E-state index in [0.29, 0.717) is 23.9 Å². The Morgan fingerprint density at radius 3 is 2.85 bits per heavy atom. The lowest BCUT2D eigenvalue weighted by Crippen LogP contribution is -2.31. The molecule has 4 heteroatoms. The summed E-state index contributed by atoms with van der Waals surface area (Å²) in [5.41, 5.74) is 1.63. The number of ether oxygens (including phenoxy) is 1. The van der Waals surface area contributed by atoms with Crippen molar-refractivity contribution in [3.63, 3.8) is 0 Å². The summed E-state index contributed by atoms with van der Waals surface area (Å²) >= 11 is 0. The first-order valence-corrected chi connectivity index (χ1v) is 7.19. The fraction of sp³-hybridized carbons (Fsp3) is 0.562. The summed E-state index contributed by atoms with van der Waals surface area (Å²) in [6.07, 6.45) is 3.29. The zero-order chi connectivity index (χ0) is 14.5. The van der Waals surface area contributed by atoms with Crippen molar-refractivity contribution in [1.29, 1.82) is 0 Å². The first-order chi connectivity index (χ1) is 9.65. The molecule has 1 aromatic carbocycles. The number of aliphatic hydroxyl groups excluding tert-OH is 1. The zero-order valence-corrected chi connectivity index (χ0v) is 12.2. The van der Waals surface area contributed by atoms with Gasteiger partial charge >= 0.3 is 0 Å². The van der Waals surface area contributed by atoms with Gasteiger partial charge in [-0.2, -0.15) is 0 Å². The van der Waals surface area contributed by atoms with Gasteiger partial charge in [-0.05, 0) is 49.3 Å². The van der Waals surface area contributed by atoms with Gasteiger partial charge in [0.05, 0.1) is 7.11 Å². The number of carbonyl (C=O) groups is 1. The number of aryl methyl sites for hydroxylation is 1. The molecule has 4 nitrogen and oxygen atoms in total. The predicted molar refractivity (Wildman–Crippen MR) is 78.0 cm³/mol. The van der Waals surface area contributed by atoms with E-state index in [4.69, 9.17) is 4.74 Å². The molecule has 2 rings (SSSR count). The molecule has 110 valence electrons. The molecule has 2 N–H and O–H groups in total. The molecule has 1 amide bonds. The second-order valence-electron chi connectivity index (χ2n) is 5.53. The summed E-state index contributed by atoms with van der Waals surface area (Å²) in [5, 5.41) is 12.3. The fourth-order valence-corrected chi connectivity index (χ4v) is 2.91. The molecule has 1 aromatic rings. The van der Waals surface area contributed by atoms with Gasteiger partial charge in [0.2, 0.25) is 0 Å². The van der Waals surface area contributed by atoms with Gasteiger partial charge in [-0.25, -0.2) is 0 Å². The van der Waals surface area contributed by atoms with Crippen LogP contribution < -0.4 is 10.1 Å². The van der Waals surface area contributed by atoms with E-state index in [1.54, 1.807) is 13.2 Å². The van der Waals surface area contributed by atoms with Gasteiger partial charge in [0, 0.05) is 18.7 Å². The van der Waals surface area contributed by atoms with E-state index in [2.05, 4.69) is 5.32 Å². The second-order valence-corrected chi connectivity index (χ2v) is 5.53. The van der Waals surface area contributed by atoms with Gasteiger partial charge in [0.1, 0.15) is 5.75 Å². The molecule has 1 aliphatic rings. The van der Waals surface area contributed by atoms with Crippen molar-refractivity contribution >= 4 is 5.91 Å². The Labute approximate surface area is 120 Å². The van der Waals surface area contributed by atoms with Gasteiger partial charge in [-0.1, -0.05) is 12.5 Å².